The van der Waals surface area contributed by atoms with Crippen LogP contribution in [-0.2, 0) is 16.0 Å². The van der Waals surface area contributed by atoms with E-state index in [9.17, 15) is 13.2 Å². The Bertz CT molecular complexity index is 617. The van der Waals surface area contributed by atoms with Crippen molar-refractivity contribution in [1.29, 1.82) is 0 Å². The van der Waals surface area contributed by atoms with Crippen molar-refractivity contribution in [1.82, 2.24) is 15.2 Å². The number of aliphatic imine (C=N–C) groups is 1. The third-order valence-electron chi connectivity index (χ3n) is 4.21. The van der Waals surface area contributed by atoms with E-state index in [0.717, 1.165) is 31.0 Å². The second-order valence-electron chi connectivity index (χ2n) is 6.48. The molecular weight excluding hydrogens is 504 g/mol. The Morgan fingerprint density at radius 1 is 1.34 bits per heavy atom. The minimum atomic E-state index is -4.38. The van der Waals surface area contributed by atoms with Crippen LogP contribution >= 0.6 is 24.0 Å². The number of nitrogens with zero attached hydrogens (tertiary/aromatic N) is 3. The molecule has 7 nitrogen and oxygen atoms in total. The van der Waals surface area contributed by atoms with Crippen molar-refractivity contribution in [2.75, 3.05) is 53.7 Å². The van der Waals surface area contributed by atoms with Gasteiger partial charge in [-0.25, -0.2) is 4.98 Å². The summed E-state index contributed by atoms with van der Waals surface area (Å²) >= 11 is 0. The Morgan fingerprint density at radius 2 is 2.14 bits per heavy atom. The first-order valence-corrected chi connectivity index (χ1v) is 9.08. The van der Waals surface area contributed by atoms with Gasteiger partial charge >= 0.3 is 6.18 Å². The predicted molar refractivity (Wildman–Crippen MR) is 114 cm³/mol. The lowest BCUT2D eigenvalue weighted by Gasteiger charge is -2.21. The zero-order valence-electron chi connectivity index (χ0n) is 16.6. The van der Waals surface area contributed by atoms with Crippen LogP contribution in [0.3, 0.4) is 0 Å². The first kappa shape index (κ1) is 25.7. The maximum atomic E-state index is 12.2. The van der Waals surface area contributed by atoms with Crippen LogP contribution in [-0.4, -0.2) is 75.7 Å². The van der Waals surface area contributed by atoms with Crippen molar-refractivity contribution in [3.05, 3.63) is 23.9 Å². The van der Waals surface area contributed by atoms with E-state index in [2.05, 4.69) is 24.9 Å². The summed E-state index contributed by atoms with van der Waals surface area (Å²) in [7, 11) is 3.37. The van der Waals surface area contributed by atoms with Gasteiger partial charge in [0.05, 0.1) is 19.8 Å². The highest BCUT2D eigenvalue weighted by Gasteiger charge is 2.28. The number of hydrogen-bond acceptors (Lipinski definition) is 5. The maximum Gasteiger partial charge on any atom is 0.422 e. The van der Waals surface area contributed by atoms with E-state index in [1.54, 1.807) is 20.2 Å². The minimum Gasteiger partial charge on any atom is -0.468 e. The summed E-state index contributed by atoms with van der Waals surface area (Å²) in [6.07, 6.45) is -1.86. The Hall–Kier alpha value is -1.34. The summed E-state index contributed by atoms with van der Waals surface area (Å²) in [5.74, 6) is 1.17. The standard InChI is InChI=1S/C18H27F3N4O3.HI/c1-22-17(25-6-5-15(11-25)12-27-8-7-26-2)24-10-14-3-4-16(23-9-14)28-13-18(19,20)21;/h3-4,9,15H,5-8,10-13H2,1-2H3,(H,22,24);1H. The number of guanidine groups is 1. The number of alkyl halides is 3. The second-order valence-corrected chi connectivity index (χ2v) is 6.48. The third kappa shape index (κ3) is 9.81. The molecule has 1 aliphatic heterocycles. The molecule has 0 saturated carbocycles. The Labute approximate surface area is 186 Å². The zero-order valence-corrected chi connectivity index (χ0v) is 18.9. The zero-order chi connectivity index (χ0) is 20.4. The van der Waals surface area contributed by atoms with Gasteiger partial charge in [0.1, 0.15) is 0 Å². The molecule has 1 saturated heterocycles. The average molecular weight is 532 g/mol. The van der Waals surface area contributed by atoms with Crippen LogP contribution in [0.4, 0.5) is 13.2 Å². The first-order valence-electron chi connectivity index (χ1n) is 9.08. The molecule has 29 heavy (non-hydrogen) atoms. The molecule has 1 aromatic rings. The largest absolute Gasteiger partial charge is 0.468 e. The van der Waals surface area contributed by atoms with Crippen molar-refractivity contribution in [3.63, 3.8) is 0 Å². The summed E-state index contributed by atoms with van der Waals surface area (Å²) in [6, 6.07) is 3.10. The molecule has 0 bridgehead atoms. The van der Waals surface area contributed by atoms with Crippen molar-refractivity contribution in [3.8, 4) is 5.88 Å². The van der Waals surface area contributed by atoms with Crippen LogP contribution in [0.5, 0.6) is 5.88 Å². The Balaban J connectivity index is 0.00000420. The number of hydrogen-bond donors (Lipinski definition) is 1. The monoisotopic (exact) mass is 532 g/mol. The van der Waals surface area contributed by atoms with E-state index in [-0.39, 0.29) is 29.9 Å². The predicted octanol–water partition coefficient (Wildman–Crippen LogP) is 2.70. The molecule has 166 valence electrons. The van der Waals surface area contributed by atoms with E-state index in [0.29, 0.717) is 32.3 Å². The van der Waals surface area contributed by atoms with Crippen molar-refractivity contribution < 1.29 is 27.4 Å². The van der Waals surface area contributed by atoms with Crippen LogP contribution in [0.25, 0.3) is 0 Å². The van der Waals surface area contributed by atoms with Gasteiger partial charge in [-0.05, 0) is 12.0 Å². The number of likely N-dealkylation sites (tertiary alicyclic amines) is 1. The van der Waals surface area contributed by atoms with Crippen LogP contribution in [0.2, 0.25) is 0 Å². The number of nitrogens with one attached hydrogen (secondary N) is 1. The van der Waals surface area contributed by atoms with E-state index in [1.807, 2.05) is 0 Å². The molecule has 0 spiro atoms. The number of halogens is 4. The quantitative estimate of drug-likeness (QED) is 0.229. The number of methoxy groups -OCH3 is 1. The fraction of sp³-hybridized carbons (Fsp3) is 0.667. The molecule has 1 aromatic heterocycles. The van der Waals surface area contributed by atoms with E-state index >= 15 is 0 Å². The van der Waals surface area contributed by atoms with E-state index < -0.39 is 12.8 Å². The molecule has 0 radical (unpaired) electrons. The summed E-state index contributed by atoms with van der Waals surface area (Å²) < 4.78 is 51.6. The Morgan fingerprint density at radius 3 is 2.76 bits per heavy atom. The molecule has 0 amide bonds. The van der Waals surface area contributed by atoms with Gasteiger partial charge in [0.25, 0.3) is 0 Å². The van der Waals surface area contributed by atoms with Gasteiger partial charge in [0.15, 0.2) is 12.6 Å². The molecule has 0 aliphatic carbocycles. The lowest BCUT2D eigenvalue weighted by Crippen LogP contribution is -2.39. The van der Waals surface area contributed by atoms with Crippen molar-refractivity contribution in [2.24, 2.45) is 10.9 Å². The fourth-order valence-corrected chi connectivity index (χ4v) is 2.82. The number of rotatable bonds is 9. The highest BCUT2D eigenvalue weighted by atomic mass is 127. The second kappa shape index (κ2) is 13.1. The van der Waals surface area contributed by atoms with Gasteiger partial charge in [-0.15, -0.1) is 24.0 Å². The average Bonchev–Trinajstić information content (AvgIpc) is 3.13. The molecule has 1 atom stereocenters. The molecule has 1 N–H and O–H groups in total. The number of ether oxygens (including phenoxy) is 3. The van der Waals surface area contributed by atoms with Gasteiger partial charge in [0.2, 0.25) is 5.88 Å². The lowest BCUT2D eigenvalue weighted by molar-refractivity contribution is -0.154. The minimum absolute atomic E-state index is 0. The van der Waals surface area contributed by atoms with Gasteiger partial charge in [-0.2, -0.15) is 13.2 Å². The molecule has 1 aliphatic rings. The highest BCUT2D eigenvalue weighted by molar-refractivity contribution is 14.0. The number of aromatic nitrogens is 1. The van der Waals surface area contributed by atoms with Crippen LogP contribution in [0.1, 0.15) is 12.0 Å². The summed E-state index contributed by atoms with van der Waals surface area (Å²) in [5, 5.41) is 3.25. The summed E-state index contributed by atoms with van der Waals surface area (Å²) in [5.41, 5.74) is 0.819. The van der Waals surface area contributed by atoms with Gasteiger partial charge in [0, 0.05) is 52.0 Å². The normalized spacial score (nSPS) is 17.2. The Kier molecular flexibility index (Phi) is 11.6. The van der Waals surface area contributed by atoms with Gasteiger partial charge in [-0.1, -0.05) is 6.07 Å². The maximum absolute atomic E-state index is 12.2. The fourth-order valence-electron chi connectivity index (χ4n) is 2.82. The molecule has 0 aromatic carbocycles. The molecule has 1 unspecified atom stereocenters. The van der Waals surface area contributed by atoms with E-state index in [4.69, 9.17) is 9.47 Å². The van der Waals surface area contributed by atoms with Crippen LogP contribution < -0.4 is 10.1 Å². The SMILES string of the molecule is CN=C(NCc1ccc(OCC(F)(F)F)nc1)N1CCC(COCCOC)C1.I. The molecular formula is C18H28F3IN4O3. The molecule has 2 rings (SSSR count). The van der Waals surface area contributed by atoms with Crippen molar-refractivity contribution in [2.45, 2.75) is 19.1 Å². The molecule has 1 fully saturated rings. The summed E-state index contributed by atoms with van der Waals surface area (Å²) in [6.45, 7) is 2.74. The lowest BCUT2D eigenvalue weighted by atomic mass is 10.1. The topological polar surface area (TPSA) is 68.2 Å². The first-order chi connectivity index (χ1) is 13.4. The summed E-state index contributed by atoms with van der Waals surface area (Å²) in [4.78, 5) is 10.4. The van der Waals surface area contributed by atoms with E-state index in [1.165, 1.54) is 12.3 Å². The van der Waals surface area contributed by atoms with Crippen LogP contribution in [0.15, 0.2) is 23.3 Å². The van der Waals surface area contributed by atoms with Gasteiger partial charge in [-0.3, -0.25) is 4.99 Å². The highest BCUT2D eigenvalue weighted by Crippen LogP contribution is 2.18. The number of pyridine rings is 1. The van der Waals surface area contributed by atoms with Crippen LogP contribution in [0, 0.1) is 5.92 Å². The molecule has 11 heteroatoms. The third-order valence-corrected chi connectivity index (χ3v) is 4.21. The van der Waals surface area contributed by atoms with Crippen molar-refractivity contribution >= 4 is 29.9 Å². The van der Waals surface area contributed by atoms with Gasteiger partial charge < -0.3 is 24.4 Å². The molecule has 2 heterocycles. The smallest absolute Gasteiger partial charge is 0.422 e.